The van der Waals surface area contributed by atoms with E-state index < -0.39 is 4.92 Å². The number of nitrogens with zero attached hydrogens (tertiary/aromatic N) is 4. The predicted octanol–water partition coefficient (Wildman–Crippen LogP) is 5.16. The van der Waals surface area contributed by atoms with Gasteiger partial charge < -0.3 is 4.74 Å². The van der Waals surface area contributed by atoms with Crippen molar-refractivity contribution in [3.05, 3.63) is 94.5 Å². The van der Waals surface area contributed by atoms with Crippen molar-refractivity contribution in [3.8, 4) is 5.75 Å². The fraction of sp³-hybridized carbons (Fsp3) is 0.0500. The van der Waals surface area contributed by atoms with Gasteiger partial charge in [-0.25, -0.2) is 0 Å². The highest BCUT2D eigenvalue weighted by Crippen LogP contribution is 2.19. The van der Waals surface area contributed by atoms with Crippen LogP contribution >= 0.6 is 0 Å². The van der Waals surface area contributed by atoms with Crippen molar-refractivity contribution < 1.29 is 9.66 Å². The zero-order chi connectivity index (χ0) is 19.8. The van der Waals surface area contributed by atoms with Crippen LogP contribution in [0, 0.1) is 10.1 Å². The molecular formula is C20H17N5O3. The maximum Gasteiger partial charge on any atom is 0.269 e. The second-order valence-corrected chi connectivity index (χ2v) is 5.62. The van der Waals surface area contributed by atoms with E-state index in [1.807, 2.05) is 42.5 Å². The summed E-state index contributed by atoms with van der Waals surface area (Å²) >= 11 is 0. The van der Waals surface area contributed by atoms with Gasteiger partial charge in [0.15, 0.2) is 0 Å². The molecule has 0 aliphatic heterocycles. The summed E-state index contributed by atoms with van der Waals surface area (Å²) in [6.45, 7) is 0. The molecule has 3 aromatic rings. The van der Waals surface area contributed by atoms with Crippen LogP contribution in [0.25, 0.3) is 0 Å². The lowest BCUT2D eigenvalue weighted by Gasteiger charge is -2.04. The molecule has 0 fully saturated rings. The van der Waals surface area contributed by atoms with E-state index in [0.29, 0.717) is 17.3 Å². The van der Waals surface area contributed by atoms with E-state index in [1.165, 1.54) is 24.3 Å². The second kappa shape index (κ2) is 9.04. The molecule has 0 saturated carbocycles. The number of amidine groups is 1. The van der Waals surface area contributed by atoms with Crippen molar-refractivity contribution in [2.24, 2.45) is 15.3 Å². The molecule has 3 rings (SSSR count). The molecule has 0 amide bonds. The summed E-state index contributed by atoms with van der Waals surface area (Å²) in [5, 5.41) is 23.4. The first-order valence-corrected chi connectivity index (χ1v) is 8.35. The Kier molecular flexibility index (Phi) is 6.04. The summed E-state index contributed by atoms with van der Waals surface area (Å²) in [7, 11) is 1.59. The number of benzene rings is 3. The number of methoxy groups -OCH3 is 1. The van der Waals surface area contributed by atoms with Gasteiger partial charge in [0.1, 0.15) is 5.75 Å². The molecule has 0 spiro atoms. The fourth-order valence-electron chi connectivity index (χ4n) is 2.26. The first-order chi connectivity index (χ1) is 13.7. The monoisotopic (exact) mass is 375 g/mol. The van der Waals surface area contributed by atoms with Crippen molar-refractivity contribution in [2.45, 2.75) is 0 Å². The summed E-state index contributed by atoms with van der Waals surface area (Å²) in [4.78, 5) is 10.3. The first-order valence-electron chi connectivity index (χ1n) is 8.35. The Morgan fingerprint density at radius 3 is 2.25 bits per heavy atom. The van der Waals surface area contributed by atoms with Crippen LogP contribution in [-0.4, -0.2) is 17.9 Å². The first kappa shape index (κ1) is 18.7. The minimum absolute atomic E-state index is 0.00580. The number of para-hydroxylation sites is 1. The Hall–Kier alpha value is -4.07. The molecule has 0 aliphatic carbocycles. The average molecular weight is 375 g/mol. The zero-order valence-corrected chi connectivity index (χ0v) is 15.0. The standard InChI is InChI=1S/C20H17N5O3/c1-28-19-13-7-15(8-14-19)20(23-21-16-5-3-2-4-6-16)24-22-17-9-11-18(12-10-17)25(26)27/h2-14,21H,1H3/b23-20-,24-22?. The minimum Gasteiger partial charge on any atom is -0.497 e. The zero-order valence-electron chi connectivity index (χ0n) is 15.0. The highest BCUT2D eigenvalue weighted by molar-refractivity contribution is 5.99. The van der Waals surface area contributed by atoms with Crippen LogP contribution < -0.4 is 10.2 Å². The van der Waals surface area contributed by atoms with Crippen LogP contribution in [0.15, 0.2) is 94.2 Å². The predicted molar refractivity (Wildman–Crippen MR) is 107 cm³/mol. The van der Waals surface area contributed by atoms with Crippen molar-refractivity contribution in [1.82, 2.24) is 0 Å². The molecule has 8 heteroatoms. The van der Waals surface area contributed by atoms with Crippen LogP contribution in [0.1, 0.15) is 5.56 Å². The molecule has 0 aliphatic rings. The maximum absolute atomic E-state index is 10.7. The molecule has 0 unspecified atom stereocenters. The number of azo groups is 1. The number of nitrogens with one attached hydrogen (secondary N) is 1. The molecule has 1 N–H and O–H groups in total. The van der Waals surface area contributed by atoms with Crippen LogP contribution in [0.2, 0.25) is 0 Å². The van der Waals surface area contributed by atoms with Crippen molar-refractivity contribution in [2.75, 3.05) is 12.5 Å². The van der Waals surface area contributed by atoms with Crippen LogP contribution in [0.5, 0.6) is 5.75 Å². The fourth-order valence-corrected chi connectivity index (χ4v) is 2.26. The van der Waals surface area contributed by atoms with Gasteiger partial charge in [-0.2, -0.15) is 5.10 Å². The van der Waals surface area contributed by atoms with Gasteiger partial charge in [-0.3, -0.25) is 15.5 Å². The summed E-state index contributed by atoms with van der Waals surface area (Å²) in [5.74, 6) is 1.07. The van der Waals surface area contributed by atoms with E-state index in [9.17, 15) is 10.1 Å². The minimum atomic E-state index is -0.463. The number of nitro groups is 1. The number of hydrogen-bond donors (Lipinski definition) is 1. The largest absolute Gasteiger partial charge is 0.497 e. The Labute approximate surface area is 161 Å². The lowest BCUT2D eigenvalue weighted by atomic mass is 10.2. The lowest BCUT2D eigenvalue weighted by molar-refractivity contribution is -0.384. The molecule has 0 atom stereocenters. The highest BCUT2D eigenvalue weighted by Gasteiger charge is 2.06. The topological polar surface area (TPSA) is 101 Å². The van der Waals surface area contributed by atoms with Gasteiger partial charge >= 0.3 is 0 Å². The van der Waals surface area contributed by atoms with Gasteiger partial charge in [0.2, 0.25) is 5.84 Å². The van der Waals surface area contributed by atoms with Crippen molar-refractivity contribution in [1.29, 1.82) is 0 Å². The number of non-ortho nitro benzene ring substituents is 1. The van der Waals surface area contributed by atoms with E-state index in [2.05, 4.69) is 20.8 Å². The lowest BCUT2D eigenvalue weighted by Crippen LogP contribution is -2.01. The normalized spacial score (nSPS) is 11.4. The summed E-state index contributed by atoms with van der Waals surface area (Å²) in [6.07, 6.45) is 0. The average Bonchev–Trinajstić information content (AvgIpc) is 2.75. The number of hydrazone groups is 1. The SMILES string of the molecule is COc1ccc(/C(N=Nc2ccc([N+](=O)[O-])cc2)=N/Nc2ccccc2)cc1. The van der Waals surface area contributed by atoms with Crippen molar-refractivity contribution >= 4 is 22.9 Å². The van der Waals surface area contributed by atoms with E-state index >= 15 is 0 Å². The number of nitro benzene ring substituents is 1. The highest BCUT2D eigenvalue weighted by atomic mass is 16.6. The Morgan fingerprint density at radius 1 is 0.964 bits per heavy atom. The van der Waals surface area contributed by atoms with Gasteiger partial charge in [0.05, 0.1) is 23.4 Å². The van der Waals surface area contributed by atoms with E-state index in [0.717, 1.165) is 11.3 Å². The number of anilines is 1. The maximum atomic E-state index is 10.7. The number of ether oxygens (including phenoxy) is 1. The third-order valence-electron chi connectivity index (χ3n) is 3.73. The van der Waals surface area contributed by atoms with Gasteiger partial charge in [0.25, 0.3) is 5.69 Å². The second-order valence-electron chi connectivity index (χ2n) is 5.62. The third-order valence-corrected chi connectivity index (χ3v) is 3.73. The summed E-state index contributed by atoms with van der Waals surface area (Å²) in [6, 6.07) is 22.5. The van der Waals surface area contributed by atoms with Crippen LogP contribution in [0.4, 0.5) is 17.1 Å². The van der Waals surface area contributed by atoms with Crippen LogP contribution in [0.3, 0.4) is 0 Å². The molecule has 3 aromatic carbocycles. The molecule has 8 nitrogen and oxygen atoms in total. The Balaban J connectivity index is 1.87. The third kappa shape index (κ3) is 4.98. The quantitative estimate of drug-likeness (QED) is 0.211. The Morgan fingerprint density at radius 2 is 1.64 bits per heavy atom. The van der Waals surface area contributed by atoms with E-state index in [-0.39, 0.29) is 5.69 Å². The molecule has 0 bridgehead atoms. The molecular weight excluding hydrogens is 358 g/mol. The Bertz CT molecular complexity index is 985. The molecule has 0 aromatic heterocycles. The van der Waals surface area contributed by atoms with Crippen LogP contribution in [-0.2, 0) is 0 Å². The summed E-state index contributed by atoms with van der Waals surface area (Å²) < 4.78 is 5.17. The summed E-state index contributed by atoms with van der Waals surface area (Å²) in [5.41, 5.74) is 4.95. The van der Waals surface area contributed by atoms with Gasteiger partial charge in [0, 0.05) is 17.7 Å². The van der Waals surface area contributed by atoms with Crippen molar-refractivity contribution in [3.63, 3.8) is 0 Å². The molecule has 28 heavy (non-hydrogen) atoms. The van der Waals surface area contributed by atoms with Gasteiger partial charge in [-0.15, -0.1) is 10.2 Å². The molecule has 0 heterocycles. The van der Waals surface area contributed by atoms with E-state index in [4.69, 9.17) is 4.74 Å². The van der Waals surface area contributed by atoms with Gasteiger partial charge in [-0.1, -0.05) is 18.2 Å². The van der Waals surface area contributed by atoms with E-state index in [1.54, 1.807) is 19.2 Å². The molecule has 0 saturated heterocycles. The number of rotatable bonds is 6. The molecule has 140 valence electrons. The smallest absolute Gasteiger partial charge is 0.269 e. The number of hydrogen-bond acceptors (Lipinski definition) is 6. The van der Waals surface area contributed by atoms with Gasteiger partial charge in [-0.05, 0) is 48.5 Å². The molecule has 0 radical (unpaired) electrons.